The van der Waals surface area contributed by atoms with Gasteiger partial charge in [-0.05, 0) is 6.07 Å². The molecule has 8 heteroatoms. The summed E-state index contributed by atoms with van der Waals surface area (Å²) in [5, 5.41) is 4.06. The number of fused-ring (bicyclic) bond motifs is 4. The fraction of sp³-hybridized carbons (Fsp3) is 0.579. The van der Waals surface area contributed by atoms with E-state index in [1.807, 2.05) is 17.0 Å². The lowest BCUT2D eigenvalue weighted by molar-refractivity contribution is -0.914. The van der Waals surface area contributed by atoms with Gasteiger partial charge in [-0.2, -0.15) is 0 Å². The molecule has 0 atom stereocenters. The van der Waals surface area contributed by atoms with E-state index in [0.29, 0.717) is 10.1 Å². The van der Waals surface area contributed by atoms with Crippen LogP contribution in [0.4, 0.5) is 5.69 Å². The van der Waals surface area contributed by atoms with Gasteiger partial charge in [-0.3, -0.25) is 4.90 Å². The van der Waals surface area contributed by atoms with Crippen LogP contribution in [0.25, 0.3) is 10.2 Å². The van der Waals surface area contributed by atoms with E-state index in [0.717, 1.165) is 20.9 Å². The van der Waals surface area contributed by atoms with Crippen molar-refractivity contribution in [2.45, 2.75) is 26.2 Å². The third-order valence-electron chi connectivity index (χ3n) is 4.93. The second-order valence-electron chi connectivity index (χ2n) is 8.04. The van der Waals surface area contributed by atoms with Crippen LogP contribution in [0.5, 0.6) is 5.75 Å². The molecule has 0 radical (unpaired) electrons. The maximum atomic E-state index is 5.35. The largest absolute Gasteiger partial charge is 0.494 e. The SMILES string of the molecule is C1C[NH+]2CCN1CC2.COc1cc2nc(C(C)(C)C)sc2cc1NC(=S)[S-]. The van der Waals surface area contributed by atoms with Crippen LogP contribution in [0.15, 0.2) is 12.1 Å². The highest BCUT2D eigenvalue weighted by atomic mass is 32.1. The monoisotopic (exact) mass is 424 g/mol. The third-order valence-corrected chi connectivity index (χ3v) is 6.58. The Hall–Kier alpha value is -1.06. The number of aromatic nitrogens is 1. The van der Waals surface area contributed by atoms with Crippen LogP contribution in [0.1, 0.15) is 25.8 Å². The molecule has 3 aliphatic rings. The minimum Gasteiger partial charge on any atom is -0.494 e. The summed E-state index contributed by atoms with van der Waals surface area (Å²) in [6.07, 6.45) is 0. The summed E-state index contributed by atoms with van der Waals surface area (Å²) in [5.41, 5.74) is 1.77. The first-order valence-corrected chi connectivity index (χ1v) is 10.9. The number of rotatable bonds is 2. The smallest absolute Gasteiger partial charge is 0.144 e. The van der Waals surface area contributed by atoms with Crippen LogP contribution in [0.2, 0.25) is 0 Å². The first-order chi connectivity index (χ1) is 12.8. The highest BCUT2D eigenvalue weighted by Gasteiger charge is 2.25. The molecule has 0 aliphatic carbocycles. The van der Waals surface area contributed by atoms with Crippen LogP contribution in [-0.2, 0) is 18.0 Å². The number of quaternary nitrogens is 1. The highest BCUT2D eigenvalue weighted by Crippen LogP contribution is 2.36. The molecule has 1 aromatic heterocycles. The van der Waals surface area contributed by atoms with Crippen molar-refractivity contribution in [3.05, 3.63) is 17.1 Å². The van der Waals surface area contributed by atoms with Crippen molar-refractivity contribution in [2.24, 2.45) is 0 Å². The summed E-state index contributed by atoms with van der Waals surface area (Å²) in [4.78, 5) is 9.05. The van der Waals surface area contributed by atoms with Gasteiger partial charge in [0.05, 0.1) is 47.7 Å². The second-order valence-corrected chi connectivity index (χ2v) is 10.1. The molecule has 1 aromatic carbocycles. The number of methoxy groups -OCH3 is 1. The molecule has 2 bridgehead atoms. The van der Waals surface area contributed by atoms with Gasteiger partial charge in [0, 0.05) is 31.1 Å². The minimum absolute atomic E-state index is 0.0395. The molecular weight excluding hydrogens is 396 g/mol. The zero-order valence-electron chi connectivity index (χ0n) is 16.4. The molecule has 27 heavy (non-hydrogen) atoms. The Kier molecular flexibility index (Phi) is 6.53. The van der Waals surface area contributed by atoms with Gasteiger partial charge < -0.3 is 39.8 Å². The van der Waals surface area contributed by atoms with Gasteiger partial charge in [-0.15, -0.1) is 11.3 Å². The minimum atomic E-state index is 0.0395. The van der Waals surface area contributed by atoms with E-state index in [9.17, 15) is 0 Å². The average Bonchev–Trinajstić information content (AvgIpc) is 3.06. The first-order valence-electron chi connectivity index (χ1n) is 9.29. The number of hydrogen-bond acceptors (Lipinski definition) is 6. The van der Waals surface area contributed by atoms with Gasteiger partial charge in [0.15, 0.2) is 0 Å². The van der Waals surface area contributed by atoms with Crippen molar-refractivity contribution < 1.29 is 9.64 Å². The zero-order valence-corrected chi connectivity index (χ0v) is 18.9. The van der Waals surface area contributed by atoms with Gasteiger partial charge in [0.25, 0.3) is 0 Å². The normalized spacial score (nSPS) is 21.5. The lowest BCUT2D eigenvalue weighted by atomic mass is 9.98. The number of thiazole rings is 1. The molecule has 4 heterocycles. The van der Waals surface area contributed by atoms with Gasteiger partial charge in [-0.25, -0.2) is 4.98 Å². The first kappa shape index (κ1) is 20.7. The predicted molar refractivity (Wildman–Crippen MR) is 120 cm³/mol. The van der Waals surface area contributed by atoms with Crippen molar-refractivity contribution in [1.82, 2.24) is 9.88 Å². The van der Waals surface area contributed by atoms with Crippen molar-refractivity contribution in [3.63, 3.8) is 0 Å². The van der Waals surface area contributed by atoms with Crippen LogP contribution in [0, 0.1) is 0 Å². The van der Waals surface area contributed by atoms with E-state index >= 15 is 0 Å². The van der Waals surface area contributed by atoms with E-state index < -0.39 is 0 Å². The molecule has 3 aliphatic heterocycles. The Morgan fingerprint density at radius 1 is 1.26 bits per heavy atom. The van der Waals surface area contributed by atoms with Gasteiger partial charge >= 0.3 is 0 Å². The Labute approximate surface area is 176 Å². The lowest BCUT2D eigenvalue weighted by Crippen LogP contribution is -3.17. The number of thiocarbonyl (C=S) groups is 1. The summed E-state index contributed by atoms with van der Waals surface area (Å²) in [5.74, 6) is 0.699. The Balaban J connectivity index is 0.000000216. The summed E-state index contributed by atoms with van der Waals surface area (Å²) in [7, 11) is 1.62. The maximum Gasteiger partial charge on any atom is 0.144 e. The molecular formula is C19H28N4OS3. The van der Waals surface area contributed by atoms with Crippen molar-refractivity contribution in [1.29, 1.82) is 0 Å². The lowest BCUT2D eigenvalue weighted by Gasteiger charge is -2.38. The molecule has 5 nitrogen and oxygen atoms in total. The van der Waals surface area contributed by atoms with E-state index in [1.54, 1.807) is 18.4 Å². The Morgan fingerprint density at radius 2 is 1.89 bits per heavy atom. The standard InChI is InChI=1S/C13H16N2OS3.C6H12N2/c1-13(2,3)11-14-8-5-9(16-4)7(15-12(17)18)6-10(8)19-11;1-2-8-5-3-7(1)4-6-8/h5-6H,1-4H3,(H2,15,17,18);1-6H2. The molecule has 5 rings (SSSR count). The van der Waals surface area contributed by atoms with Crippen LogP contribution >= 0.6 is 23.6 Å². The van der Waals surface area contributed by atoms with Crippen molar-refractivity contribution in [3.8, 4) is 5.75 Å². The molecule has 0 saturated carbocycles. The Bertz CT molecular complexity index is 784. The molecule has 2 aromatic rings. The number of ether oxygens (including phenoxy) is 1. The van der Waals surface area contributed by atoms with Crippen LogP contribution in [0.3, 0.4) is 0 Å². The number of hydrogen-bond donors (Lipinski definition) is 2. The molecule has 0 unspecified atom stereocenters. The van der Waals surface area contributed by atoms with E-state index in [4.69, 9.17) is 29.6 Å². The number of piperazine rings is 3. The number of nitrogens with one attached hydrogen (secondary N) is 2. The highest BCUT2D eigenvalue weighted by molar-refractivity contribution is 8.00. The Morgan fingerprint density at radius 3 is 2.30 bits per heavy atom. The average molecular weight is 425 g/mol. The van der Waals surface area contributed by atoms with E-state index in [2.05, 4.69) is 36.0 Å². The van der Waals surface area contributed by atoms with Gasteiger partial charge in [0.1, 0.15) is 5.75 Å². The number of nitrogens with zero attached hydrogens (tertiary/aromatic N) is 2. The van der Waals surface area contributed by atoms with Crippen LogP contribution < -0.4 is 15.0 Å². The fourth-order valence-corrected chi connectivity index (χ4v) is 4.58. The van der Waals surface area contributed by atoms with Crippen molar-refractivity contribution in [2.75, 3.05) is 51.7 Å². The topological polar surface area (TPSA) is 41.8 Å². The maximum absolute atomic E-state index is 5.35. The molecule has 3 fully saturated rings. The molecule has 2 N–H and O–H groups in total. The predicted octanol–water partition coefficient (Wildman–Crippen LogP) is 2.05. The number of benzene rings is 1. The quantitative estimate of drug-likeness (QED) is 0.568. The van der Waals surface area contributed by atoms with E-state index in [-0.39, 0.29) is 5.41 Å². The number of anilines is 1. The summed E-state index contributed by atoms with van der Waals surface area (Å²) in [6, 6.07) is 3.90. The molecule has 3 saturated heterocycles. The van der Waals surface area contributed by atoms with Gasteiger partial charge in [-0.1, -0.05) is 25.1 Å². The van der Waals surface area contributed by atoms with Crippen molar-refractivity contribution >= 4 is 56.4 Å². The second kappa shape index (κ2) is 8.53. The summed E-state index contributed by atoms with van der Waals surface area (Å²) < 4.78 is 6.75. The summed E-state index contributed by atoms with van der Waals surface area (Å²) >= 11 is 11.5. The fourth-order valence-electron chi connectivity index (χ4n) is 3.31. The third kappa shape index (κ3) is 5.26. The zero-order chi connectivity index (χ0) is 19.6. The summed E-state index contributed by atoms with van der Waals surface area (Å²) in [6.45, 7) is 14.7. The molecule has 148 valence electrons. The molecule has 0 amide bonds. The van der Waals surface area contributed by atoms with Gasteiger partial charge in [0.2, 0.25) is 0 Å². The van der Waals surface area contributed by atoms with Crippen LogP contribution in [-0.4, -0.2) is 60.6 Å². The van der Waals surface area contributed by atoms with E-state index in [1.165, 1.54) is 39.3 Å². The molecule has 0 spiro atoms.